The predicted molar refractivity (Wildman–Crippen MR) is 71.0 cm³/mol. The molecule has 96 valence electrons. The van der Waals surface area contributed by atoms with Crippen LogP contribution in [0.4, 0.5) is 11.4 Å². The number of fused-ring (bicyclic) bond motifs is 1. The molecule has 0 aromatic heterocycles. The molecule has 5 heteroatoms. The van der Waals surface area contributed by atoms with Crippen LogP contribution in [0.15, 0.2) is 12.1 Å². The van der Waals surface area contributed by atoms with Gasteiger partial charge in [-0.2, -0.15) is 0 Å². The van der Waals surface area contributed by atoms with E-state index in [-0.39, 0.29) is 5.91 Å². The van der Waals surface area contributed by atoms with Crippen LogP contribution in [0.25, 0.3) is 0 Å². The van der Waals surface area contributed by atoms with Crippen molar-refractivity contribution in [3.63, 3.8) is 0 Å². The molecule has 1 saturated heterocycles. The molecule has 2 aliphatic heterocycles. The van der Waals surface area contributed by atoms with Crippen molar-refractivity contribution in [2.75, 3.05) is 23.3 Å². The largest absolute Gasteiger partial charge is 0.378 e. The van der Waals surface area contributed by atoms with Crippen LogP contribution in [-0.4, -0.2) is 24.1 Å². The van der Waals surface area contributed by atoms with E-state index in [4.69, 9.17) is 11.6 Å². The highest BCUT2D eigenvalue weighted by Gasteiger charge is 2.31. The molecule has 1 aromatic rings. The number of halogens is 1. The molecule has 2 heterocycles. The van der Waals surface area contributed by atoms with E-state index < -0.39 is 6.10 Å². The molecular weight excluding hydrogens is 252 g/mol. The molecule has 2 atom stereocenters. The number of nitrogens with zero attached hydrogens (tertiary/aromatic N) is 1. The first kappa shape index (κ1) is 11.8. The van der Waals surface area contributed by atoms with E-state index in [2.05, 4.69) is 17.1 Å². The first-order valence-corrected chi connectivity index (χ1v) is 6.51. The van der Waals surface area contributed by atoms with Crippen molar-refractivity contribution in [2.45, 2.75) is 19.4 Å². The third-order valence-corrected chi connectivity index (χ3v) is 3.99. The topological polar surface area (TPSA) is 52.6 Å². The third-order valence-electron chi connectivity index (χ3n) is 3.68. The Kier molecular flexibility index (Phi) is 2.72. The second-order valence-corrected chi connectivity index (χ2v) is 5.53. The Morgan fingerprint density at radius 2 is 2.28 bits per heavy atom. The Balaban J connectivity index is 1.98. The van der Waals surface area contributed by atoms with E-state index in [1.165, 1.54) is 0 Å². The number of hydrogen-bond acceptors (Lipinski definition) is 3. The summed E-state index contributed by atoms with van der Waals surface area (Å²) in [5.74, 6) is 0.280. The minimum Gasteiger partial charge on any atom is -0.378 e. The lowest BCUT2D eigenvalue weighted by atomic mass is 10.1. The summed E-state index contributed by atoms with van der Waals surface area (Å²) in [4.78, 5) is 13.6. The van der Waals surface area contributed by atoms with E-state index in [0.717, 1.165) is 25.2 Å². The lowest BCUT2D eigenvalue weighted by molar-refractivity contribution is -0.123. The van der Waals surface area contributed by atoms with Crippen LogP contribution in [0.5, 0.6) is 0 Å². The van der Waals surface area contributed by atoms with Gasteiger partial charge in [0.2, 0.25) is 0 Å². The molecule has 3 rings (SSSR count). The summed E-state index contributed by atoms with van der Waals surface area (Å²) in [6.07, 6.45) is 0.0617. The van der Waals surface area contributed by atoms with Crippen molar-refractivity contribution in [3.8, 4) is 0 Å². The first-order chi connectivity index (χ1) is 8.56. The fourth-order valence-corrected chi connectivity index (χ4v) is 2.94. The van der Waals surface area contributed by atoms with Crippen molar-refractivity contribution in [3.05, 3.63) is 22.7 Å². The average Bonchev–Trinajstić information content (AvgIpc) is 2.86. The maximum absolute atomic E-state index is 11.4. The van der Waals surface area contributed by atoms with Crippen LogP contribution in [0.3, 0.4) is 0 Å². The van der Waals surface area contributed by atoms with E-state index in [9.17, 15) is 9.90 Å². The molecule has 4 nitrogen and oxygen atoms in total. The Hall–Kier alpha value is -1.26. The number of amides is 1. The summed E-state index contributed by atoms with van der Waals surface area (Å²) in [6, 6.07) is 3.56. The number of carbonyl (C=O) groups excluding carboxylic acids is 1. The van der Waals surface area contributed by atoms with Gasteiger partial charge in [0.1, 0.15) is 0 Å². The van der Waals surface area contributed by atoms with E-state index in [1.54, 1.807) is 6.07 Å². The molecule has 0 spiro atoms. The Morgan fingerprint density at radius 1 is 1.50 bits per heavy atom. The number of rotatable bonds is 1. The highest BCUT2D eigenvalue weighted by atomic mass is 35.5. The fraction of sp³-hybridized carbons (Fsp3) is 0.462. The number of hydrogen-bond donors (Lipinski definition) is 2. The molecule has 2 aliphatic rings. The summed E-state index contributed by atoms with van der Waals surface area (Å²) < 4.78 is 0. The maximum Gasteiger partial charge on any atom is 0.257 e. The van der Waals surface area contributed by atoms with Gasteiger partial charge in [0.15, 0.2) is 6.10 Å². The van der Waals surface area contributed by atoms with Gasteiger partial charge >= 0.3 is 0 Å². The normalized spacial score (nSPS) is 26.4. The minimum atomic E-state index is -1.09. The van der Waals surface area contributed by atoms with Crippen molar-refractivity contribution in [2.24, 2.45) is 5.92 Å². The molecule has 0 aliphatic carbocycles. The molecule has 0 saturated carbocycles. The lowest BCUT2D eigenvalue weighted by Gasteiger charge is -2.20. The molecule has 1 aromatic carbocycles. The number of nitrogens with one attached hydrogen (secondary N) is 1. The smallest absolute Gasteiger partial charge is 0.257 e. The molecule has 18 heavy (non-hydrogen) atoms. The minimum absolute atomic E-state index is 0.381. The number of aliphatic hydroxyl groups excluding tert-OH is 1. The van der Waals surface area contributed by atoms with Crippen LogP contribution in [0.2, 0.25) is 5.02 Å². The quantitative estimate of drug-likeness (QED) is 0.819. The van der Waals surface area contributed by atoms with Gasteiger partial charge in [-0.1, -0.05) is 18.5 Å². The van der Waals surface area contributed by atoms with Crippen molar-refractivity contribution >= 4 is 28.9 Å². The van der Waals surface area contributed by atoms with Gasteiger partial charge < -0.3 is 15.3 Å². The van der Waals surface area contributed by atoms with E-state index in [0.29, 0.717) is 22.2 Å². The predicted octanol–water partition coefficient (Wildman–Crippen LogP) is 2.17. The van der Waals surface area contributed by atoms with Crippen molar-refractivity contribution in [1.82, 2.24) is 0 Å². The molecule has 1 amide bonds. The number of carbonyl (C=O) groups is 1. The lowest BCUT2D eigenvalue weighted by Crippen LogP contribution is -2.19. The van der Waals surface area contributed by atoms with E-state index >= 15 is 0 Å². The van der Waals surface area contributed by atoms with Gasteiger partial charge in [0.25, 0.3) is 5.91 Å². The van der Waals surface area contributed by atoms with Crippen LogP contribution in [0.1, 0.15) is 25.0 Å². The Bertz CT molecular complexity index is 518. The third kappa shape index (κ3) is 1.76. The summed E-state index contributed by atoms with van der Waals surface area (Å²) in [5, 5.41) is 13.0. The standard InChI is InChI=1S/C13H15ClN2O2/c1-7-2-3-16(6-7)11-5-10-8(4-9(11)14)12(17)13(18)15-10/h4-5,7,12,17H,2-3,6H2,1H3,(H,15,18). The first-order valence-electron chi connectivity index (χ1n) is 6.13. The molecule has 0 bridgehead atoms. The molecule has 2 unspecified atom stereocenters. The summed E-state index contributed by atoms with van der Waals surface area (Å²) in [5.41, 5.74) is 2.18. The highest BCUT2D eigenvalue weighted by molar-refractivity contribution is 6.33. The molecule has 0 radical (unpaired) electrons. The average molecular weight is 267 g/mol. The van der Waals surface area contributed by atoms with Gasteiger partial charge in [0.05, 0.1) is 10.7 Å². The van der Waals surface area contributed by atoms with E-state index in [1.807, 2.05) is 6.07 Å². The SMILES string of the molecule is CC1CCN(c2cc3c(cc2Cl)C(O)C(=O)N3)C1. The summed E-state index contributed by atoms with van der Waals surface area (Å²) in [6.45, 7) is 4.18. The Labute approximate surface area is 111 Å². The van der Waals surface area contributed by atoms with Crippen LogP contribution in [-0.2, 0) is 4.79 Å². The van der Waals surface area contributed by atoms with Crippen LogP contribution >= 0.6 is 11.6 Å². The molecule has 2 N–H and O–H groups in total. The zero-order valence-electron chi connectivity index (χ0n) is 10.1. The molecular formula is C13H15ClN2O2. The van der Waals surface area contributed by atoms with Crippen molar-refractivity contribution in [1.29, 1.82) is 0 Å². The monoisotopic (exact) mass is 266 g/mol. The Morgan fingerprint density at radius 3 is 2.94 bits per heavy atom. The van der Waals surface area contributed by atoms with Crippen molar-refractivity contribution < 1.29 is 9.90 Å². The van der Waals surface area contributed by atoms with Gasteiger partial charge in [0, 0.05) is 24.3 Å². The van der Waals surface area contributed by atoms with Gasteiger partial charge in [-0.3, -0.25) is 4.79 Å². The highest BCUT2D eigenvalue weighted by Crippen LogP contribution is 2.40. The maximum atomic E-state index is 11.4. The second kappa shape index (κ2) is 4.14. The number of anilines is 2. The second-order valence-electron chi connectivity index (χ2n) is 5.12. The van der Waals surface area contributed by atoms with Crippen LogP contribution < -0.4 is 10.2 Å². The van der Waals surface area contributed by atoms with Gasteiger partial charge in [-0.15, -0.1) is 0 Å². The zero-order chi connectivity index (χ0) is 12.9. The number of aliphatic hydroxyl groups is 1. The fourth-order valence-electron chi connectivity index (χ4n) is 2.65. The zero-order valence-corrected chi connectivity index (χ0v) is 10.9. The van der Waals surface area contributed by atoms with Crippen LogP contribution in [0, 0.1) is 5.92 Å². The number of benzene rings is 1. The van der Waals surface area contributed by atoms with Gasteiger partial charge in [-0.25, -0.2) is 0 Å². The van der Waals surface area contributed by atoms with Gasteiger partial charge in [-0.05, 0) is 24.5 Å². The molecule has 1 fully saturated rings. The summed E-state index contributed by atoms with van der Waals surface area (Å²) >= 11 is 6.26. The summed E-state index contributed by atoms with van der Waals surface area (Å²) in [7, 11) is 0.